The Labute approximate surface area is 256 Å². The van der Waals surface area contributed by atoms with Crippen LogP contribution in [0.4, 0.5) is 5.69 Å². The monoisotopic (exact) mass is 614 g/mol. The molecule has 2 amide bonds. The number of aryl methyl sites for hydroxylation is 1. The van der Waals surface area contributed by atoms with Gasteiger partial charge >= 0.3 is 4.87 Å². The first-order valence-electron chi connectivity index (χ1n) is 14.2. The molecule has 7 atom stereocenters. The van der Waals surface area contributed by atoms with E-state index >= 15 is 0 Å². The number of amides is 2. The van der Waals surface area contributed by atoms with Crippen LogP contribution in [0.15, 0.2) is 82.6 Å². The first-order valence-corrected chi connectivity index (χ1v) is 16.3. The molecule has 3 aromatic carbocycles. The first-order chi connectivity index (χ1) is 20.4. The number of hydrogen-bond acceptors (Lipinski definition) is 6. The molecule has 42 heavy (non-hydrogen) atoms. The summed E-state index contributed by atoms with van der Waals surface area (Å²) >= 11 is 9.06. The Morgan fingerprint density at radius 2 is 1.64 bits per heavy atom. The summed E-state index contributed by atoms with van der Waals surface area (Å²) in [5.74, 6) is 0.204. The molecule has 1 aromatic heterocycles. The summed E-state index contributed by atoms with van der Waals surface area (Å²) in [6.07, 6.45) is 0.858. The average Bonchev–Trinajstić information content (AvgIpc) is 3.72. The highest BCUT2D eigenvalue weighted by atomic mass is 35.5. The molecule has 9 heteroatoms. The zero-order valence-electron chi connectivity index (χ0n) is 22.7. The van der Waals surface area contributed by atoms with Crippen molar-refractivity contribution in [1.82, 2.24) is 4.98 Å². The van der Waals surface area contributed by atoms with Crippen molar-refractivity contribution >= 4 is 52.2 Å². The summed E-state index contributed by atoms with van der Waals surface area (Å²) in [6.45, 7) is 2.57. The molecule has 1 N–H and O–H groups in total. The number of nitrogens with one attached hydrogen (secondary N) is 1. The number of carbonyl (C=O) groups is 2. The molecule has 212 valence electrons. The van der Waals surface area contributed by atoms with Crippen molar-refractivity contribution in [3.05, 3.63) is 109 Å². The van der Waals surface area contributed by atoms with E-state index in [1.165, 1.54) is 21.8 Å². The highest BCUT2D eigenvalue weighted by Crippen LogP contribution is 2.68. The van der Waals surface area contributed by atoms with Crippen LogP contribution in [0.5, 0.6) is 5.75 Å². The molecule has 2 saturated carbocycles. The Balaban J connectivity index is 1.12. The number of thiazole rings is 1. The molecular weight excluding hydrogens is 588 g/mol. The second-order valence-electron chi connectivity index (χ2n) is 11.7. The number of benzene rings is 3. The molecule has 8 rings (SSSR count). The SMILES string of the molecule is Cc1ccccc1COc1ccc([C@@H]2c3sc(=O)[nH]c3S[C@@H]3[C@@H]4C[C@@H]([C@@H]5C(=O)N(c6ccc(Cl)cc6)C(=O)[C@@H]45)[C@@H]23)cc1. The number of ether oxygens (including phenoxy) is 1. The number of imide groups is 1. The molecule has 0 unspecified atom stereocenters. The lowest BCUT2D eigenvalue weighted by molar-refractivity contribution is -0.123. The summed E-state index contributed by atoms with van der Waals surface area (Å²) in [4.78, 5) is 45.6. The van der Waals surface area contributed by atoms with Gasteiger partial charge in [0.25, 0.3) is 0 Å². The molecule has 2 bridgehead atoms. The topological polar surface area (TPSA) is 79.5 Å². The number of nitrogens with zero attached hydrogens (tertiary/aromatic N) is 1. The molecule has 3 fully saturated rings. The van der Waals surface area contributed by atoms with Crippen LogP contribution in [0.3, 0.4) is 0 Å². The number of H-pyrrole nitrogens is 1. The third kappa shape index (κ3) is 3.95. The average molecular weight is 615 g/mol. The zero-order chi connectivity index (χ0) is 28.7. The lowest BCUT2D eigenvalue weighted by Crippen LogP contribution is -2.42. The Kier molecular flexibility index (Phi) is 6.18. The van der Waals surface area contributed by atoms with Gasteiger partial charge in [0.05, 0.1) is 22.5 Å². The van der Waals surface area contributed by atoms with Crippen molar-refractivity contribution in [2.24, 2.45) is 29.6 Å². The number of thioether (sulfide) groups is 1. The molecule has 2 aliphatic heterocycles. The summed E-state index contributed by atoms with van der Waals surface area (Å²) in [6, 6.07) is 23.3. The van der Waals surface area contributed by atoms with Crippen LogP contribution in [-0.4, -0.2) is 22.0 Å². The van der Waals surface area contributed by atoms with Gasteiger partial charge in [-0.1, -0.05) is 59.3 Å². The van der Waals surface area contributed by atoms with E-state index in [4.69, 9.17) is 16.3 Å². The van der Waals surface area contributed by atoms with Crippen LogP contribution in [0.1, 0.15) is 33.9 Å². The van der Waals surface area contributed by atoms with Crippen molar-refractivity contribution in [3.8, 4) is 5.75 Å². The minimum Gasteiger partial charge on any atom is -0.489 e. The highest BCUT2D eigenvalue weighted by molar-refractivity contribution is 8.00. The van der Waals surface area contributed by atoms with E-state index in [1.807, 2.05) is 24.3 Å². The van der Waals surface area contributed by atoms with Crippen LogP contribution in [-0.2, 0) is 16.2 Å². The zero-order valence-corrected chi connectivity index (χ0v) is 25.0. The lowest BCUT2D eigenvalue weighted by Gasteiger charge is -2.43. The predicted molar refractivity (Wildman–Crippen MR) is 164 cm³/mol. The normalized spacial score (nSPS) is 29.0. The predicted octanol–water partition coefficient (Wildman–Crippen LogP) is 6.66. The molecule has 6 nitrogen and oxygen atoms in total. The Bertz CT molecular complexity index is 1780. The van der Waals surface area contributed by atoms with Gasteiger partial charge in [-0.15, -0.1) is 11.8 Å². The van der Waals surface area contributed by atoms with E-state index in [0.29, 0.717) is 17.3 Å². The summed E-state index contributed by atoms with van der Waals surface area (Å²) in [5.41, 5.74) is 4.04. The van der Waals surface area contributed by atoms with Gasteiger partial charge in [0.2, 0.25) is 11.8 Å². The molecule has 4 aliphatic rings. The maximum absolute atomic E-state index is 13.9. The van der Waals surface area contributed by atoms with Gasteiger partial charge < -0.3 is 9.72 Å². The fourth-order valence-electron chi connectivity index (χ4n) is 7.94. The summed E-state index contributed by atoms with van der Waals surface area (Å²) in [7, 11) is 0. The largest absolute Gasteiger partial charge is 0.489 e. The van der Waals surface area contributed by atoms with Gasteiger partial charge in [-0.3, -0.25) is 19.3 Å². The number of aromatic amines is 1. The van der Waals surface area contributed by atoms with Crippen LogP contribution in [0, 0.1) is 36.5 Å². The van der Waals surface area contributed by atoms with E-state index in [9.17, 15) is 14.4 Å². The molecule has 0 spiro atoms. The summed E-state index contributed by atoms with van der Waals surface area (Å²) < 4.78 is 6.12. The molecule has 4 aromatic rings. The fourth-order valence-corrected chi connectivity index (χ4v) is 11.0. The Morgan fingerprint density at radius 3 is 2.38 bits per heavy atom. The van der Waals surface area contributed by atoms with E-state index in [-0.39, 0.29) is 57.4 Å². The quantitative estimate of drug-likeness (QED) is 0.255. The molecular formula is C33H27ClN2O4S2. The molecule has 0 radical (unpaired) electrons. The van der Waals surface area contributed by atoms with Crippen molar-refractivity contribution in [2.45, 2.75) is 36.1 Å². The second kappa shape index (κ2) is 9.86. The third-order valence-electron chi connectivity index (χ3n) is 9.70. The van der Waals surface area contributed by atoms with Crippen LogP contribution >= 0.6 is 34.7 Å². The van der Waals surface area contributed by atoms with Crippen molar-refractivity contribution in [3.63, 3.8) is 0 Å². The first kappa shape index (κ1) is 26.3. The number of fused-ring (bicyclic) bond motifs is 9. The maximum atomic E-state index is 13.9. The van der Waals surface area contributed by atoms with Gasteiger partial charge in [-0.05, 0) is 84.2 Å². The van der Waals surface area contributed by atoms with Crippen molar-refractivity contribution < 1.29 is 14.3 Å². The van der Waals surface area contributed by atoms with Gasteiger partial charge in [-0.2, -0.15) is 0 Å². The minimum absolute atomic E-state index is 0.0240. The van der Waals surface area contributed by atoms with Crippen LogP contribution < -0.4 is 14.5 Å². The van der Waals surface area contributed by atoms with Gasteiger partial charge in [0, 0.05) is 21.1 Å². The smallest absolute Gasteiger partial charge is 0.305 e. The third-order valence-corrected chi connectivity index (χ3v) is 12.5. The number of anilines is 1. The minimum atomic E-state index is -0.337. The van der Waals surface area contributed by atoms with Crippen molar-refractivity contribution in [1.29, 1.82) is 0 Å². The van der Waals surface area contributed by atoms with Gasteiger partial charge in [-0.25, -0.2) is 0 Å². The number of aromatic nitrogens is 1. The molecule has 3 heterocycles. The Morgan fingerprint density at radius 1 is 0.929 bits per heavy atom. The Hall–Kier alpha value is -3.33. The van der Waals surface area contributed by atoms with E-state index in [1.54, 1.807) is 36.0 Å². The summed E-state index contributed by atoms with van der Waals surface area (Å²) in [5, 5.41) is 1.62. The highest BCUT2D eigenvalue weighted by Gasteiger charge is 2.69. The van der Waals surface area contributed by atoms with Crippen molar-refractivity contribution in [2.75, 3.05) is 4.90 Å². The van der Waals surface area contributed by atoms with Crippen LogP contribution in [0.25, 0.3) is 0 Å². The molecule has 1 saturated heterocycles. The number of carbonyl (C=O) groups excluding carboxylic acids is 2. The van der Waals surface area contributed by atoms with Gasteiger partial charge in [0.1, 0.15) is 12.4 Å². The van der Waals surface area contributed by atoms with E-state index in [0.717, 1.165) is 33.2 Å². The standard InChI is InChI=1S/C33H27ClN2O4S2/c1-16-4-2-3-5-18(16)15-40-21-12-6-17(7-13-21)24-25-22-14-23(28(25)41-30-29(24)42-33(39)35-30)27-26(22)31(37)36(32(27)38)20-10-8-19(34)9-11-20/h2-13,22-28H,14-15H2,1H3,(H,35,39)/t22-,23-,24+,25+,26+,27+,28-/m1/s1. The molecule has 2 aliphatic carbocycles. The van der Waals surface area contributed by atoms with Gasteiger partial charge in [0.15, 0.2) is 0 Å². The fraction of sp³-hybridized carbons (Fsp3) is 0.303. The number of rotatable bonds is 5. The van der Waals surface area contributed by atoms with Crippen LogP contribution in [0.2, 0.25) is 5.02 Å². The maximum Gasteiger partial charge on any atom is 0.305 e. The second-order valence-corrected chi connectivity index (χ2v) is 14.4. The number of hydrogen-bond donors (Lipinski definition) is 1. The lowest BCUT2D eigenvalue weighted by atomic mass is 9.68. The van der Waals surface area contributed by atoms with E-state index in [2.05, 4.69) is 36.2 Å². The van der Waals surface area contributed by atoms with E-state index < -0.39 is 0 Å². The number of halogens is 1.